The molecule has 1 atom stereocenters. The molecule has 0 radical (unpaired) electrons. The molecule has 3 aromatic rings. The normalized spacial score (nSPS) is 15.8. The van der Waals surface area contributed by atoms with E-state index in [2.05, 4.69) is 27.8 Å². The second-order valence-corrected chi connectivity index (χ2v) is 8.58. The Kier molecular flexibility index (Phi) is 5.99. The lowest BCUT2D eigenvalue weighted by Crippen LogP contribution is -2.32. The molecular weight excluding hydrogens is 418 g/mol. The van der Waals surface area contributed by atoms with E-state index in [0.717, 1.165) is 35.1 Å². The van der Waals surface area contributed by atoms with Crippen molar-refractivity contribution in [2.24, 2.45) is 11.0 Å². The van der Waals surface area contributed by atoms with Crippen molar-refractivity contribution in [3.63, 3.8) is 0 Å². The Morgan fingerprint density at radius 1 is 1.35 bits per heavy atom. The molecule has 0 aliphatic heterocycles. The Labute approximate surface area is 182 Å². The first-order chi connectivity index (χ1) is 15.0. The Bertz CT molecular complexity index is 1220. The summed E-state index contributed by atoms with van der Waals surface area (Å²) in [5.74, 6) is 1.29. The predicted octanol–water partition coefficient (Wildman–Crippen LogP) is 2.15. The van der Waals surface area contributed by atoms with Crippen LogP contribution in [0.5, 0.6) is 11.5 Å². The quantitative estimate of drug-likeness (QED) is 0.464. The zero-order valence-corrected chi connectivity index (χ0v) is 18.4. The van der Waals surface area contributed by atoms with Gasteiger partial charge >= 0.3 is 0 Å². The van der Waals surface area contributed by atoms with Gasteiger partial charge in [-0.2, -0.15) is 5.10 Å². The van der Waals surface area contributed by atoms with Crippen molar-refractivity contribution in [2.75, 3.05) is 14.2 Å². The molecule has 1 amide bonds. The number of hydrazone groups is 1. The van der Waals surface area contributed by atoms with Crippen LogP contribution in [0.15, 0.2) is 28.1 Å². The van der Waals surface area contributed by atoms with Crippen molar-refractivity contribution in [3.8, 4) is 11.5 Å². The van der Waals surface area contributed by atoms with Crippen LogP contribution in [0.25, 0.3) is 10.2 Å². The first-order valence-corrected chi connectivity index (χ1v) is 10.7. The van der Waals surface area contributed by atoms with Crippen molar-refractivity contribution in [1.82, 2.24) is 20.4 Å². The lowest BCUT2D eigenvalue weighted by atomic mass is 9.89. The largest absolute Gasteiger partial charge is 0.493 e. The second-order valence-electron chi connectivity index (χ2n) is 7.49. The van der Waals surface area contributed by atoms with Gasteiger partial charge in [0.1, 0.15) is 6.54 Å². The predicted molar refractivity (Wildman–Crippen MR) is 118 cm³/mol. The van der Waals surface area contributed by atoms with Crippen LogP contribution in [0.1, 0.15) is 29.3 Å². The molecule has 1 N–H and O–H groups in total. The number of fused-ring (bicyclic) bond motifs is 3. The number of rotatable bonds is 6. The van der Waals surface area contributed by atoms with E-state index in [1.54, 1.807) is 32.4 Å². The van der Waals surface area contributed by atoms with Gasteiger partial charge in [-0.1, -0.05) is 12.1 Å². The fourth-order valence-electron chi connectivity index (χ4n) is 3.68. The van der Waals surface area contributed by atoms with E-state index in [9.17, 15) is 9.59 Å². The Hall–Kier alpha value is -3.27. The summed E-state index contributed by atoms with van der Waals surface area (Å²) in [6, 6.07) is 5.26. The zero-order chi connectivity index (χ0) is 22.0. The average molecular weight is 442 g/mol. The molecule has 1 aromatic carbocycles. The summed E-state index contributed by atoms with van der Waals surface area (Å²) in [6.07, 6.45) is 4.35. The highest BCUT2D eigenvalue weighted by Crippen LogP contribution is 2.35. The minimum atomic E-state index is -0.467. The van der Waals surface area contributed by atoms with Crippen molar-refractivity contribution in [1.29, 1.82) is 0 Å². The fourth-order valence-corrected chi connectivity index (χ4v) is 5.00. The van der Waals surface area contributed by atoms with Crippen molar-refractivity contribution >= 4 is 33.7 Å². The minimum Gasteiger partial charge on any atom is -0.493 e. The number of thiophene rings is 1. The molecular formula is C21H23N5O4S. The highest BCUT2D eigenvalue weighted by atomic mass is 32.1. The molecule has 4 rings (SSSR count). The van der Waals surface area contributed by atoms with Crippen molar-refractivity contribution in [2.45, 2.75) is 32.7 Å². The topological polar surface area (TPSA) is 108 Å². The van der Waals surface area contributed by atoms with Crippen LogP contribution < -0.4 is 20.5 Å². The third-order valence-corrected chi connectivity index (χ3v) is 6.43. The highest BCUT2D eigenvalue weighted by Gasteiger charge is 2.24. The molecule has 1 unspecified atom stereocenters. The third kappa shape index (κ3) is 4.29. The molecule has 31 heavy (non-hydrogen) atoms. The van der Waals surface area contributed by atoms with Gasteiger partial charge in [0.2, 0.25) is 0 Å². The number of benzene rings is 1. The zero-order valence-electron chi connectivity index (χ0n) is 17.5. The summed E-state index contributed by atoms with van der Waals surface area (Å²) in [7, 11) is 3.10. The first-order valence-electron chi connectivity index (χ1n) is 9.92. The van der Waals surface area contributed by atoms with Crippen molar-refractivity contribution in [3.05, 3.63) is 44.6 Å². The number of aromatic nitrogens is 3. The number of carbonyl (C=O) groups excluding carboxylic acids is 1. The number of methoxy groups -OCH3 is 2. The minimum absolute atomic E-state index is 0.258. The number of ether oxygens (including phenoxy) is 2. The van der Waals surface area contributed by atoms with E-state index >= 15 is 0 Å². The number of nitrogens with zero attached hydrogens (tertiary/aromatic N) is 4. The molecule has 0 saturated heterocycles. The SMILES string of the molecule is COc1ccc(/C=N/NC(=O)Cn2nnc3sc4c(c3c2=O)CCC(C)C4)cc1OC. The number of hydrogen-bond donors (Lipinski definition) is 1. The Morgan fingerprint density at radius 3 is 2.94 bits per heavy atom. The number of hydrogen-bond acceptors (Lipinski definition) is 8. The van der Waals surface area contributed by atoms with E-state index in [4.69, 9.17) is 9.47 Å². The maximum absolute atomic E-state index is 12.9. The Balaban J connectivity index is 1.47. The molecule has 0 bridgehead atoms. The van der Waals surface area contributed by atoms with Gasteiger partial charge in [-0.05, 0) is 54.5 Å². The maximum Gasteiger partial charge on any atom is 0.279 e. The van der Waals surface area contributed by atoms with Crippen LogP contribution >= 0.6 is 11.3 Å². The maximum atomic E-state index is 12.9. The van der Waals surface area contributed by atoms with E-state index in [-0.39, 0.29) is 12.1 Å². The van der Waals surface area contributed by atoms with E-state index < -0.39 is 5.91 Å². The van der Waals surface area contributed by atoms with Crippen LogP contribution in [-0.2, 0) is 24.2 Å². The van der Waals surface area contributed by atoms with Gasteiger partial charge in [0.05, 0.1) is 25.8 Å². The number of aryl methyl sites for hydroxylation is 1. The van der Waals surface area contributed by atoms with Gasteiger partial charge in [-0.25, -0.2) is 10.1 Å². The molecule has 2 aromatic heterocycles. The van der Waals surface area contributed by atoms with Crippen LogP contribution in [0.2, 0.25) is 0 Å². The smallest absolute Gasteiger partial charge is 0.279 e. The van der Waals surface area contributed by atoms with Gasteiger partial charge in [0.25, 0.3) is 11.5 Å². The van der Waals surface area contributed by atoms with Crippen LogP contribution in [-0.4, -0.2) is 41.3 Å². The van der Waals surface area contributed by atoms with E-state index in [1.165, 1.54) is 22.4 Å². The second kappa shape index (κ2) is 8.84. The highest BCUT2D eigenvalue weighted by molar-refractivity contribution is 7.18. The van der Waals surface area contributed by atoms with Crippen LogP contribution in [0.3, 0.4) is 0 Å². The lowest BCUT2D eigenvalue weighted by Gasteiger charge is -2.17. The standard InChI is InChI=1S/C21H23N5O4S/c1-12-4-6-14-17(8-12)31-20-19(14)21(28)26(25-24-20)11-18(27)23-22-10-13-5-7-15(29-2)16(9-13)30-3/h5,7,9-10,12H,4,6,8,11H2,1-3H3,(H,23,27)/b22-10+. The molecule has 10 heteroatoms. The van der Waals surface area contributed by atoms with E-state index in [1.807, 2.05) is 0 Å². The monoisotopic (exact) mass is 441 g/mol. The number of carbonyl (C=O) groups is 1. The molecule has 2 heterocycles. The van der Waals surface area contributed by atoms with Gasteiger partial charge in [0, 0.05) is 4.88 Å². The third-order valence-electron chi connectivity index (χ3n) is 5.29. The van der Waals surface area contributed by atoms with E-state index in [0.29, 0.717) is 27.6 Å². The van der Waals surface area contributed by atoms with Crippen LogP contribution in [0.4, 0.5) is 0 Å². The fraction of sp³-hybridized carbons (Fsp3) is 0.381. The summed E-state index contributed by atoms with van der Waals surface area (Å²) < 4.78 is 11.5. The molecule has 0 spiro atoms. The Morgan fingerprint density at radius 2 is 2.16 bits per heavy atom. The van der Waals surface area contributed by atoms with Crippen LogP contribution in [0, 0.1) is 5.92 Å². The summed E-state index contributed by atoms with van der Waals surface area (Å²) in [5.41, 5.74) is 3.92. The molecule has 162 valence electrons. The number of amides is 1. The van der Waals surface area contributed by atoms with Crippen molar-refractivity contribution < 1.29 is 14.3 Å². The molecule has 0 saturated carbocycles. The van der Waals surface area contributed by atoms with Gasteiger partial charge in [-0.3, -0.25) is 9.59 Å². The summed E-state index contributed by atoms with van der Waals surface area (Å²) in [6.45, 7) is 1.95. The molecule has 9 nitrogen and oxygen atoms in total. The summed E-state index contributed by atoms with van der Waals surface area (Å²) in [5, 5.41) is 12.7. The first kappa shape index (κ1) is 21.0. The van der Waals surface area contributed by atoms with Gasteiger partial charge in [0.15, 0.2) is 16.3 Å². The summed E-state index contributed by atoms with van der Waals surface area (Å²) >= 11 is 1.53. The lowest BCUT2D eigenvalue weighted by molar-refractivity contribution is -0.121. The number of nitrogens with one attached hydrogen (secondary N) is 1. The molecule has 1 aliphatic carbocycles. The average Bonchev–Trinajstić information content (AvgIpc) is 3.13. The van der Waals surface area contributed by atoms with Gasteiger partial charge < -0.3 is 9.47 Å². The molecule has 1 aliphatic rings. The summed E-state index contributed by atoms with van der Waals surface area (Å²) in [4.78, 5) is 27.1. The van der Waals surface area contributed by atoms with Gasteiger partial charge in [-0.15, -0.1) is 16.4 Å². The molecule has 0 fully saturated rings.